The lowest BCUT2D eigenvalue weighted by Gasteiger charge is -2.24. The number of nitrogens with one attached hydrogen (secondary N) is 1. The van der Waals surface area contributed by atoms with Crippen LogP contribution in [0.1, 0.15) is 5.56 Å². The minimum Gasteiger partial charge on any atom is -0.455 e. The fraction of sp³-hybridized carbons (Fsp3) is 0.136. The number of rotatable bonds is 7. The SMILES string of the molecule is Cc1cc(Cl)ccc1N(CC(=O)Nc1ccccc1Oc1ccccc1)S(C)(=O)=O. The summed E-state index contributed by atoms with van der Waals surface area (Å²) in [4.78, 5) is 12.7. The highest BCUT2D eigenvalue weighted by Crippen LogP contribution is 2.30. The van der Waals surface area contributed by atoms with Crippen molar-refractivity contribution < 1.29 is 17.9 Å². The molecule has 30 heavy (non-hydrogen) atoms. The number of carbonyl (C=O) groups is 1. The van der Waals surface area contributed by atoms with Gasteiger partial charge in [-0.1, -0.05) is 41.9 Å². The molecule has 0 aromatic heterocycles. The van der Waals surface area contributed by atoms with Crippen LogP contribution in [0, 0.1) is 6.92 Å². The van der Waals surface area contributed by atoms with E-state index >= 15 is 0 Å². The maximum atomic E-state index is 12.7. The van der Waals surface area contributed by atoms with Crippen LogP contribution in [0.4, 0.5) is 11.4 Å². The predicted octanol–water partition coefficient (Wildman–Crippen LogP) is 4.85. The fourth-order valence-corrected chi connectivity index (χ4v) is 4.01. The number of benzene rings is 3. The molecule has 0 atom stereocenters. The highest BCUT2D eigenvalue weighted by atomic mass is 35.5. The van der Waals surface area contributed by atoms with Gasteiger partial charge in [-0.05, 0) is 55.0 Å². The Morgan fingerprint density at radius 1 is 1.03 bits per heavy atom. The molecule has 0 radical (unpaired) electrons. The lowest BCUT2D eigenvalue weighted by atomic mass is 10.2. The van der Waals surface area contributed by atoms with E-state index < -0.39 is 15.9 Å². The Morgan fingerprint density at radius 3 is 2.37 bits per heavy atom. The van der Waals surface area contributed by atoms with E-state index in [2.05, 4.69) is 5.32 Å². The molecule has 1 amide bonds. The van der Waals surface area contributed by atoms with Crippen LogP contribution >= 0.6 is 11.6 Å². The van der Waals surface area contributed by atoms with Crippen molar-refractivity contribution in [1.29, 1.82) is 0 Å². The Morgan fingerprint density at radius 2 is 1.70 bits per heavy atom. The number of sulfonamides is 1. The lowest BCUT2D eigenvalue weighted by Crippen LogP contribution is -2.37. The summed E-state index contributed by atoms with van der Waals surface area (Å²) >= 11 is 5.97. The van der Waals surface area contributed by atoms with Crippen molar-refractivity contribution in [3.05, 3.63) is 83.4 Å². The molecule has 0 fully saturated rings. The lowest BCUT2D eigenvalue weighted by molar-refractivity contribution is -0.114. The molecule has 0 spiro atoms. The van der Waals surface area contributed by atoms with Gasteiger partial charge in [-0.15, -0.1) is 0 Å². The molecule has 1 N–H and O–H groups in total. The van der Waals surface area contributed by atoms with Gasteiger partial charge in [0.2, 0.25) is 15.9 Å². The standard InChI is InChI=1S/C22H21ClN2O4S/c1-16-14-17(23)12-13-20(16)25(30(2,27)28)15-22(26)24-19-10-6-7-11-21(19)29-18-8-4-3-5-9-18/h3-14H,15H2,1-2H3,(H,24,26). The molecule has 6 nitrogen and oxygen atoms in total. The van der Waals surface area contributed by atoms with Gasteiger partial charge in [0, 0.05) is 5.02 Å². The zero-order valence-electron chi connectivity index (χ0n) is 16.5. The predicted molar refractivity (Wildman–Crippen MR) is 120 cm³/mol. The molecule has 0 heterocycles. The van der Waals surface area contributed by atoms with Gasteiger partial charge >= 0.3 is 0 Å². The molecule has 3 aromatic rings. The Bertz CT molecular complexity index is 1150. The molecular formula is C22H21ClN2O4S. The van der Waals surface area contributed by atoms with Gasteiger partial charge in [0.05, 0.1) is 17.6 Å². The number of aryl methyl sites for hydroxylation is 1. The number of amides is 1. The fourth-order valence-electron chi connectivity index (χ4n) is 2.87. The van der Waals surface area contributed by atoms with E-state index in [1.54, 1.807) is 61.5 Å². The summed E-state index contributed by atoms with van der Waals surface area (Å²) < 4.78 is 31.6. The topological polar surface area (TPSA) is 75.7 Å². The normalized spacial score (nSPS) is 11.0. The van der Waals surface area contributed by atoms with Crippen LogP contribution in [0.25, 0.3) is 0 Å². The number of hydrogen-bond acceptors (Lipinski definition) is 4. The van der Waals surface area contributed by atoms with Gasteiger partial charge in [0.1, 0.15) is 12.3 Å². The molecule has 3 aromatic carbocycles. The van der Waals surface area contributed by atoms with Crippen LogP contribution in [-0.4, -0.2) is 27.1 Å². The van der Waals surface area contributed by atoms with E-state index in [1.165, 1.54) is 0 Å². The maximum absolute atomic E-state index is 12.7. The summed E-state index contributed by atoms with van der Waals surface area (Å²) in [6, 6.07) is 20.9. The minimum atomic E-state index is -3.70. The Balaban J connectivity index is 1.81. The molecule has 3 rings (SSSR count). The number of nitrogens with zero attached hydrogens (tertiary/aromatic N) is 1. The Kier molecular flexibility index (Phi) is 6.64. The summed E-state index contributed by atoms with van der Waals surface area (Å²) in [5.41, 5.74) is 1.48. The van der Waals surface area contributed by atoms with Crippen LogP contribution in [0.2, 0.25) is 5.02 Å². The smallest absolute Gasteiger partial charge is 0.245 e. The number of ether oxygens (including phenoxy) is 1. The molecule has 8 heteroatoms. The first-order chi connectivity index (χ1) is 14.2. The zero-order chi connectivity index (χ0) is 21.7. The zero-order valence-corrected chi connectivity index (χ0v) is 18.1. The van der Waals surface area contributed by atoms with Crippen molar-refractivity contribution in [2.75, 3.05) is 22.4 Å². The second-order valence-corrected chi connectivity index (χ2v) is 9.00. The molecule has 0 bridgehead atoms. The number of anilines is 2. The van der Waals surface area contributed by atoms with Gasteiger partial charge in [0.15, 0.2) is 5.75 Å². The molecule has 156 valence electrons. The average molecular weight is 445 g/mol. The van der Waals surface area contributed by atoms with Gasteiger partial charge < -0.3 is 10.1 Å². The van der Waals surface area contributed by atoms with E-state index in [1.807, 2.05) is 18.2 Å². The first-order valence-electron chi connectivity index (χ1n) is 9.09. The van der Waals surface area contributed by atoms with Gasteiger partial charge in [-0.2, -0.15) is 0 Å². The number of halogens is 1. The van der Waals surface area contributed by atoms with Gasteiger partial charge in [-0.25, -0.2) is 8.42 Å². The third-order valence-electron chi connectivity index (χ3n) is 4.25. The quantitative estimate of drug-likeness (QED) is 0.565. The van der Waals surface area contributed by atoms with Crippen molar-refractivity contribution in [2.24, 2.45) is 0 Å². The molecule has 0 unspecified atom stereocenters. The van der Waals surface area contributed by atoms with E-state index in [9.17, 15) is 13.2 Å². The number of hydrogen-bond donors (Lipinski definition) is 1. The third-order valence-corrected chi connectivity index (χ3v) is 5.61. The number of para-hydroxylation sites is 3. The molecule has 0 aliphatic heterocycles. The summed E-state index contributed by atoms with van der Waals surface area (Å²) in [5, 5.41) is 3.23. The van der Waals surface area contributed by atoms with E-state index in [0.717, 1.165) is 10.6 Å². The first kappa shape index (κ1) is 21.7. The van der Waals surface area contributed by atoms with Crippen LogP contribution < -0.4 is 14.4 Å². The molecule has 0 aliphatic rings. The van der Waals surface area contributed by atoms with Crippen LogP contribution in [0.3, 0.4) is 0 Å². The van der Waals surface area contributed by atoms with Crippen molar-refractivity contribution in [3.63, 3.8) is 0 Å². The molecule has 0 saturated carbocycles. The monoisotopic (exact) mass is 444 g/mol. The summed E-state index contributed by atoms with van der Waals surface area (Å²) in [7, 11) is -3.70. The summed E-state index contributed by atoms with van der Waals surface area (Å²) in [5.74, 6) is 0.568. The van der Waals surface area contributed by atoms with Crippen LogP contribution in [-0.2, 0) is 14.8 Å². The maximum Gasteiger partial charge on any atom is 0.245 e. The van der Waals surface area contributed by atoms with Crippen molar-refractivity contribution in [2.45, 2.75) is 6.92 Å². The second-order valence-electron chi connectivity index (χ2n) is 6.66. The van der Waals surface area contributed by atoms with Crippen molar-refractivity contribution in [3.8, 4) is 11.5 Å². The Hall–Kier alpha value is -3.03. The number of carbonyl (C=O) groups excluding carboxylic acids is 1. The van der Waals surface area contributed by atoms with Crippen molar-refractivity contribution in [1.82, 2.24) is 0 Å². The Labute approximate surface area is 181 Å². The molecule has 0 aliphatic carbocycles. The summed E-state index contributed by atoms with van der Waals surface area (Å²) in [6.07, 6.45) is 1.06. The van der Waals surface area contributed by atoms with Gasteiger partial charge in [0.25, 0.3) is 0 Å². The molecule has 0 saturated heterocycles. The van der Waals surface area contributed by atoms with Crippen molar-refractivity contribution >= 4 is 38.9 Å². The largest absolute Gasteiger partial charge is 0.455 e. The highest BCUT2D eigenvalue weighted by molar-refractivity contribution is 7.92. The van der Waals surface area contributed by atoms with E-state index in [0.29, 0.717) is 33.5 Å². The molecular weight excluding hydrogens is 424 g/mol. The van der Waals surface area contributed by atoms with Crippen LogP contribution in [0.5, 0.6) is 11.5 Å². The second kappa shape index (κ2) is 9.19. The minimum absolute atomic E-state index is 0.388. The van der Waals surface area contributed by atoms with E-state index in [-0.39, 0.29) is 6.54 Å². The van der Waals surface area contributed by atoms with E-state index in [4.69, 9.17) is 16.3 Å². The summed E-state index contributed by atoms with van der Waals surface area (Å²) in [6.45, 7) is 1.35. The third kappa shape index (κ3) is 5.52. The first-order valence-corrected chi connectivity index (χ1v) is 11.3. The van der Waals surface area contributed by atoms with Gasteiger partial charge in [-0.3, -0.25) is 9.10 Å². The van der Waals surface area contributed by atoms with Crippen LogP contribution in [0.15, 0.2) is 72.8 Å². The highest BCUT2D eigenvalue weighted by Gasteiger charge is 2.23. The average Bonchev–Trinajstić information content (AvgIpc) is 2.68.